The predicted molar refractivity (Wildman–Crippen MR) is 317 cm³/mol. The van der Waals surface area contributed by atoms with E-state index in [2.05, 4.69) is 172 Å². The van der Waals surface area contributed by atoms with Gasteiger partial charge in [-0.05, 0) is 122 Å². The van der Waals surface area contributed by atoms with Crippen molar-refractivity contribution in [3.8, 4) is 0 Å². The first-order valence-electron chi connectivity index (χ1n) is 28.6. The molecular weight excluding hydrogens is 935 g/mol. The standard InChI is InChI=1S/C66H103NO8/c1-6-8-10-12-14-16-18-20-22-24-25-26-27-28-29-30-31-32-33-34-35-36-37-38-39-41-43-45-47-49-51-53-55-57-64(69)75-62(61-74-66(65(70)71)72-59-58-67(3,4)5)60-73-63(68)56-54-52-50-48-46-44-42-40-23-21-19-17-15-13-11-9-7-2/h8-11,14-17,20-23,25-26,28-29,31-32,34-35,37-38,41-44,62,66H,6-7,12-13,18-19,24,27,30,33,36,39-40,45-61H2,1-5H3/p+1/b10-8-,11-9-,16-14-,17-15-,22-20-,23-21-,26-25-,29-28-,32-31-,35-34-,38-37-,43-41-,44-42-. The Bertz CT molecular complexity index is 1780. The van der Waals surface area contributed by atoms with Gasteiger partial charge in [-0.2, -0.15) is 0 Å². The molecule has 0 aliphatic carbocycles. The third-order valence-electron chi connectivity index (χ3n) is 11.3. The van der Waals surface area contributed by atoms with E-state index >= 15 is 0 Å². The summed E-state index contributed by atoms with van der Waals surface area (Å²) in [6.07, 6.45) is 78.9. The van der Waals surface area contributed by atoms with Gasteiger partial charge in [0.2, 0.25) is 0 Å². The summed E-state index contributed by atoms with van der Waals surface area (Å²) in [5, 5.41) is 9.69. The van der Waals surface area contributed by atoms with Gasteiger partial charge < -0.3 is 28.5 Å². The lowest BCUT2D eigenvalue weighted by atomic mass is 10.1. The number of allylic oxidation sites excluding steroid dienone is 26. The van der Waals surface area contributed by atoms with E-state index in [0.717, 1.165) is 141 Å². The van der Waals surface area contributed by atoms with Crippen molar-refractivity contribution in [2.75, 3.05) is 47.5 Å². The smallest absolute Gasteiger partial charge is 0.361 e. The van der Waals surface area contributed by atoms with Crippen LogP contribution >= 0.6 is 0 Å². The molecule has 75 heavy (non-hydrogen) atoms. The zero-order valence-corrected chi connectivity index (χ0v) is 47.6. The van der Waals surface area contributed by atoms with E-state index in [1.165, 1.54) is 0 Å². The molecule has 420 valence electrons. The van der Waals surface area contributed by atoms with Crippen molar-refractivity contribution in [3.63, 3.8) is 0 Å². The van der Waals surface area contributed by atoms with E-state index in [0.29, 0.717) is 23.9 Å². The lowest BCUT2D eigenvalue weighted by molar-refractivity contribution is -0.870. The Hall–Kier alpha value is -5.09. The number of carbonyl (C=O) groups excluding carboxylic acids is 2. The molecule has 1 N–H and O–H groups in total. The van der Waals surface area contributed by atoms with Crippen LogP contribution in [0.4, 0.5) is 0 Å². The van der Waals surface area contributed by atoms with Crippen molar-refractivity contribution in [3.05, 3.63) is 158 Å². The molecule has 2 unspecified atom stereocenters. The fourth-order valence-electron chi connectivity index (χ4n) is 6.94. The van der Waals surface area contributed by atoms with Crippen LogP contribution in [0.25, 0.3) is 0 Å². The Kier molecular flexibility index (Phi) is 51.4. The Morgan fingerprint density at radius 2 is 0.720 bits per heavy atom. The number of nitrogens with zero attached hydrogens (tertiary/aromatic N) is 1. The summed E-state index contributed by atoms with van der Waals surface area (Å²) in [6, 6.07) is 0. The number of carbonyl (C=O) groups is 3. The predicted octanol–water partition coefficient (Wildman–Crippen LogP) is 17.0. The number of unbranched alkanes of at least 4 members (excludes halogenated alkanes) is 9. The molecule has 0 heterocycles. The molecule has 0 radical (unpaired) electrons. The molecule has 0 spiro atoms. The van der Waals surface area contributed by atoms with Crippen LogP contribution in [0.15, 0.2) is 158 Å². The zero-order valence-electron chi connectivity index (χ0n) is 47.6. The highest BCUT2D eigenvalue weighted by atomic mass is 16.7. The third kappa shape index (κ3) is 56.5. The van der Waals surface area contributed by atoms with Gasteiger partial charge in [-0.1, -0.05) is 204 Å². The van der Waals surface area contributed by atoms with Gasteiger partial charge in [-0.25, -0.2) is 4.79 Å². The van der Waals surface area contributed by atoms with Crippen molar-refractivity contribution < 1.29 is 42.9 Å². The number of aliphatic carboxylic acids is 1. The van der Waals surface area contributed by atoms with Crippen LogP contribution in [0.2, 0.25) is 0 Å². The first-order chi connectivity index (χ1) is 36.6. The van der Waals surface area contributed by atoms with Crippen molar-refractivity contribution in [2.24, 2.45) is 0 Å². The second-order valence-corrected chi connectivity index (χ2v) is 19.5. The third-order valence-corrected chi connectivity index (χ3v) is 11.3. The van der Waals surface area contributed by atoms with E-state index in [9.17, 15) is 19.5 Å². The first-order valence-corrected chi connectivity index (χ1v) is 28.6. The molecule has 9 heteroatoms. The first kappa shape index (κ1) is 69.9. The molecule has 0 aromatic rings. The van der Waals surface area contributed by atoms with Crippen molar-refractivity contribution in [1.82, 2.24) is 0 Å². The Balaban J connectivity index is 4.36. The summed E-state index contributed by atoms with van der Waals surface area (Å²) in [5.74, 6) is -2.09. The number of ether oxygens (including phenoxy) is 4. The lowest BCUT2D eigenvalue weighted by Gasteiger charge is -2.25. The molecule has 0 aromatic carbocycles. The van der Waals surface area contributed by atoms with Gasteiger partial charge in [-0.15, -0.1) is 0 Å². The van der Waals surface area contributed by atoms with Crippen molar-refractivity contribution >= 4 is 17.9 Å². The lowest BCUT2D eigenvalue weighted by Crippen LogP contribution is -2.40. The number of rotatable bonds is 50. The van der Waals surface area contributed by atoms with Gasteiger partial charge in [-0.3, -0.25) is 9.59 Å². The molecule has 0 amide bonds. The molecule has 0 aromatic heterocycles. The average Bonchev–Trinajstić information content (AvgIpc) is 3.38. The highest BCUT2D eigenvalue weighted by molar-refractivity contribution is 5.71. The SMILES string of the molecule is CC/C=C\C/C=C\C/C=C\C/C=C\C/C=C\C/C=C\C/C=C\C/C=C\C/C=C\CCCCCCCC(=O)OC(COC(=O)CCCCCC/C=C\C/C=C\C/C=C\C/C=C\CC)COC(OCC[N+](C)(C)C)C(=O)O. The second-order valence-electron chi connectivity index (χ2n) is 19.5. The van der Waals surface area contributed by atoms with Crippen LogP contribution in [0.3, 0.4) is 0 Å². The second kappa shape index (κ2) is 55.2. The molecule has 0 fully saturated rings. The van der Waals surface area contributed by atoms with Crippen LogP contribution < -0.4 is 0 Å². The number of hydrogen-bond donors (Lipinski definition) is 1. The largest absolute Gasteiger partial charge is 0.477 e. The molecular formula is C66H104NO8+. The topological polar surface area (TPSA) is 108 Å². The molecule has 9 nitrogen and oxygen atoms in total. The monoisotopic (exact) mass is 1040 g/mol. The Labute approximate surface area is 457 Å². The summed E-state index contributed by atoms with van der Waals surface area (Å²) < 4.78 is 22.8. The number of esters is 2. The van der Waals surface area contributed by atoms with Crippen LogP contribution in [-0.4, -0.2) is 87.4 Å². The van der Waals surface area contributed by atoms with E-state index in [4.69, 9.17) is 18.9 Å². The van der Waals surface area contributed by atoms with E-state index in [-0.39, 0.29) is 38.6 Å². The number of hydrogen-bond acceptors (Lipinski definition) is 7. The Morgan fingerprint density at radius 1 is 0.400 bits per heavy atom. The summed E-state index contributed by atoms with van der Waals surface area (Å²) in [4.78, 5) is 37.4. The maximum absolute atomic E-state index is 12.9. The van der Waals surface area contributed by atoms with Crippen LogP contribution in [-0.2, 0) is 33.3 Å². The summed E-state index contributed by atoms with van der Waals surface area (Å²) >= 11 is 0. The van der Waals surface area contributed by atoms with Crippen LogP contribution in [0, 0.1) is 0 Å². The van der Waals surface area contributed by atoms with E-state index < -0.39 is 24.3 Å². The minimum Gasteiger partial charge on any atom is -0.477 e. The van der Waals surface area contributed by atoms with Gasteiger partial charge in [0, 0.05) is 12.8 Å². The summed E-state index contributed by atoms with van der Waals surface area (Å²) in [6.45, 7) is 4.56. The Morgan fingerprint density at radius 3 is 1.07 bits per heavy atom. The van der Waals surface area contributed by atoms with Crippen LogP contribution in [0.1, 0.15) is 181 Å². The average molecular weight is 1040 g/mol. The number of carboxylic acids is 1. The number of likely N-dealkylation sites (N-methyl/N-ethyl adjacent to an activating group) is 1. The summed E-state index contributed by atoms with van der Waals surface area (Å²) in [5.41, 5.74) is 0. The van der Waals surface area contributed by atoms with Gasteiger partial charge in [0.1, 0.15) is 13.2 Å². The molecule has 0 saturated carbocycles. The quantitative estimate of drug-likeness (QED) is 0.0211. The molecule has 2 atom stereocenters. The number of carboxylic acid groups (broad SMARTS) is 1. The van der Waals surface area contributed by atoms with Crippen LogP contribution in [0.5, 0.6) is 0 Å². The molecule has 0 aliphatic rings. The van der Waals surface area contributed by atoms with Gasteiger partial charge >= 0.3 is 17.9 Å². The summed E-state index contributed by atoms with van der Waals surface area (Å²) in [7, 11) is 5.93. The van der Waals surface area contributed by atoms with Crippen molar-refractivity contribution in [2.45, 2.75) is 193 Å². The molecule has 0 saturated heterocycles. The normalized spacial score (nSPS) is 14.0. The van der Waals surface area contributed by atoms with Gasteiger partial charge in [0.15, 0.2) is 6.10 Å². The molecule has 0 rings (SSSR count). The fraction of sp³-hybridized carbons (Fsp3) is 0.561. The highest BCUT2D eigenvalue weighted by Crippen LogP contribution is 2.12. The number of quaternary nitrogens is 1. The van der Waals surface area contributed by atoms with Gasteiger partial charge in [0.05, 0.1) is 34.4 Å². The minimum absolute atomic E-state index is 0.169. The fourth-order valence-corrected chi connectivity index (χ4v) is 6.94. The zero-order chi connectivity index (χ0) is 54.8. The maximum atomic E-state index is 12.9. The van der Waals surface area contributed by atoms with Gasteiger partial charge in [0.25, 0.3) is 6.29 Å². The highest BCUT2D eigenvalue weighted by Gasteiger charge is 2.25. The maximum Gasteiger partial charge on any atom is 0.361 e. The van der Waals surface area contributed by atoms with E-state index in [1.54, 1.807) is 0 Å². The minimum atomic E-state index is -1.53. The molecule has 0 aliphatic heterocycles. The van der Waals surface area contributed by atoms with Crippen molar-refractivity contribution in [1.29, 1.82) is 0 Å². The van der Waals surface area contributed by atoms with E-state index in [1.807, 2.05) is 21.1 Å². The molecule has 0 bridgehead atoms.